The van der Waals surface area contributed by atoms with Gasteiger partial charge >= 0.3 is 0 Å². The van der Waals surface area contributed by atoms with E-state index in [1.807, 2.05) is 23.7 Å². The van der Waals surface area contributed by atoms with Crippen LogP contribution in [0.15, 0.2) is 18.5 Å². The van der Waals surface area contributed by atoms with Gasteiger partial charge in [0.15, 0.2) is 0 Å². The Balaban J connectivity index is 1.46. The first-order valence-corrected chi connectivity index (χ1v) is 8.47. The predicted octanol–water partition coefficient (Wildman–Crippen LogP) is 3.63. The number of hydrogen-bond acceptors (Lipinski definition) is 3. The summed E-state index contributed by atoms with van der Waals surface area (Å²) in [6, 6.07) is 2.91. The first kappa shape index (κ1) is 13.8. The molecule has 0 spiro atoms. The first-order valence-electron chi connectivity index (χ1n) is 7.66. The third-order valence-corrected chi connectivity index (χ3v) is 5.46. The van der Waals surface area contributed by atoms with Gasteiger partial charge in [-0.2, -0.15) is 0 Å². The predicted molar refractivity (Wildman–Crippen MR) is 84.3 cm³/mol. The second-order valence-electron chi connectivity index (χ2n) is 5.62. The maximum atomic E-state index is 4.25. The number of aryl methyl sites for hydroxylation is 3. The molecule has 2 aromatic heterocycles. The van der Waals surface area contributed by atoms with Crippen molar-refractivity contribution < 1.29 is 0 Å². The summed E-state index contributed by atoms with van der Waals surface area (Å²) in [6.45, 7) is 3.33. The van der Waals surface area contributed by atoms with Crippen molar-refractivity contribution in [1.29, 1.82) is 0 Å². The van der Waals surface area contributed by atoms with Crippen molar-refractivity contribution in [2.24, 2.45) is 0 Å². The lowest BCUT2D eigenvalue weighted by molar-refractivity contribution is 0.561. The zero-order valence-electron chi connectivity index (χ0n) is 12.1. The van der Waals surface area contributed by atoms with E-state index >= 15 is 0 Å². The van der Waals surface area contributed by atoms with Crippen LogP contribution in [-0.2, 0) is 19.3 Å². The normalized spacial score (nSPS) is 16.1. The Labute approximate surface area is 124 Å². The molecule has 1 aliphatic rings. The molecule has 4 heteroatoms. The minimum absolute atomic E-state index is 0.474. The standard InChI is InChI=1S/C16H23N3S/c1-12(17-8-4-7-16-18-9-10-19-16)15-11-13-5-2-3-6-14(13)20-15/h9-12,17H,2-8H2,1H3,(H,18,19). The molecule has 2 heterocycles. The highest BCUT2D eigenvalue weighted by atomic mass is 32.1. The molecule has 0 saturated heterocycles. The number of fused-ring (bicyclic) bond motifs is 1. The summed E-state index contributed by atoms with van der Waals surface area (Å²) in [4.78, 5) is 10.6. The summed E-state index contributed by atoms with van der Waals surface area (Å²) >= 11 is 2.02. The Kier molecular flexibility index (Phi) is 4.53. The molecule has 0 aliphatic heterocycles. The Bertz CT molecular complexity index is 506. The first-order chi connectivity index (χ1) is 9.83. The Morgan fingerprint density at radius 2 is 2.30 bits per heavy atom. The van der Waals surface area contributed by atoms with E-state index < -0.39 is 0 Å². The molecule has 108 valence electrons. The molecule has 0 saturated carbocycles. The van der Waals surface area contributed by atoms with Crippen LogP contribution >= 0.6 is 11.3 Å². The maximum Gasteiger partial charge on any atom is 0.106 e. The third kappa shape index (κ3) is 3.30. The number of aromatic amines is 1. The summed E-state index contributed by atoms with van der Waals surface area (Å²) < 4.78 is 0. The average molecular weight is 289 g/mol. The fourth-order valence-corrected chi connectivity index (χ4v) is 4.12. The van der Waals surface area contributed by atoms with Gasteiger partial charge in [0.25, 0.3) is 0 Å². The largest absolute Gasteiger partial charge is 0.349 e. The summed E-state index contributed by atoms with van der Waals surface area (Å²) in [5.41, 5.74) is 1.61. The maximum absolute atomic E-state index is 4.25. The molecule has 0 amide bonds. The molecule has 2 aromatic rings. The van der Waals surface area contributed by atoms with Crippen LogP contribution in [0.3, 0.4) is 0 Å². The molecule has 1 unspecified atom stereocenters. The quantitative estimate of drug-likeness (QED) is 0.797. The van der Waals surface area contributed by atoms with Crippen molar-refractivity contribution in [3.63, 3.8) is 0 Å². The second-order valence-corrected chi connectivity index (χ2v) is 6.79. The fraction of sp³-hybridized carbons (Fsp3) is 0.562. The van der Waals surface area contributed by atoms with Gasteiger partial charge in [-0.15, -0.1) is 11.3 Å². The van der Waals surface area contributed by atoms with E-state index in [1.165, 1.54) is 30.6 Å². The summed E-state index contributed by atoms with van der Waals surface area (Å²) in [6.07, 6.45) is 11.2. The van der Waals surface area contributed by atoms with Gasteiger partial charge in [-0.25, -0.2) is 4.98 Å². The van der Waals surface area contributed by atoms with Gasteiger partial charge in [-0.3, -0.25) is 0 Å². The van der Waals surface area contributed by atoms with E-state index in [2.05, 4.69) is 28.3 Å². The van der Waals surface area contributed by atoms with Gasteiger partial charge in [-0.05, 0) is 57.2 Å². The van der Waals surface area contributed by atoms with Crippen molar-refractivity contribution in [3.8, 4) is 0 Å². The molecule has 20 heavy (non-hydrogen) atoms. The second kappa shape index (κ2) is 6.55. The zero-order valence-corrected chi connectivity index (χ0v) is 12.9. The molecule has 0 aromatic carbocycles. The van der Waals surface area contributed by atoms with E-state index in [4.69, 9.17) is 0 Å². The average Bonchev–Trinajstić information content (AvgIpc) is 3.12. The van der Waals surface area contributed by atoms with Crippen LogP contribution < -0.4 is 5.32 Å². The van der Waals surface area contributed by atoms with Crippen molar-refractivity contribution >= 4 is 11.3 Å². The number of aromatic nitrogens is 2. The SMILES string of the molecule is CC(NCCCc1ncc[nH]1)c1cc2c(s1)CCCC2. The molecule has 1 aliphatic carbocycles. The monoisotopic (exact) mass is 289 g/mol. The van der Waals surface area contributed by atoms with Gasteiger partial charge in [0, 0.05) is 34.6 Å². The minimum atomic E-state index is 0.474. The van der Waals surface area contributed by atoms with E-state index in [-0.39, 0.29) is 0 Å². The third-order valence-electron chi connectivity index (χ3n) is 4.04. The number of imidazole rings is 1. The molecule has 2 N–H and O–H groups in total. The highest BCUT2D eigenvalue weighted by Crippen LogP contribution is 2.32. The lowest BCUT2D eigenvalue weighted by atomic mass is 9.99. The lowest BCUT2D eigenvalue weighted by Crippen LogP contribution is -2.19. The van der Waals surface area contributed by atoms with E-state index in [1.54, 1.807) is 10.4 Å². The number of nitrogens with one attached hydrogen (secondary N) is 2. The Morgan fingerprint density at radius 3 is 3.10 bits per heavy atom. The minimum Gasteiger partial charge on any atom is -0.349 e. The molecular weight excluding hydrogens is 266 g/mol. The number of H-pyrrole nitrogens is 1. The molecule has 0 radical (unpaired) electrons. The van der Waals surface area contributed by atoms with E-state index in [0.717, 1.165) is 25.2 Å². The summed E-state index contributed by atoms with van der Waals surface area (Å²) in [7, 11) is 0. The molecule has 3 nitrogen and oxygen atoms in total. The van der Waals surface area contributed by atoms with Crippen LogP contribution in [0.4, 0.5) is 0 Å². The number of nitrogens with zero attached hydrogens (tertiary/aromatic N) is 1. The van der Waals surface area contributed by atoms with E-state index in [9.17, 15) is 0 Å². The van der Waals surface area contributed by atoms with E-state index in [0.29, 0.717) is 6.04 Å². The van der Waals surface area contributed by atoms with Crippen LogP contribution in [0, 0.1) is 0 Å². The highest BCUT2D eigenvalue weighted by Gasteiger charge is 2.16. The number of hydrogen-bond donors (Lipinski definition) is 2. The summed E-state index contributed by atoms with van der Waals surface area (Å²) in [5.74, 6) is 1.09. The van der Waals surface area contributed by atoms with Gasteiger partial charge in [0.1, 0.15) is 5.82 Å². The fourth-order valence-electron chi connectivity index (χ4n) is 2.84. The summed E-state index contributed by atoms with van der Waals surface area (Å²) in [5, 5.41) is 3.64. The smallest absolute Gasteiger partial charge is 0.106 e. The number of thiophene rings is 1. The number of rotatable bonds is 6. The van der Waals surface area contributed by atoms with Gasteiger partial charge in [0.05, 0.1) is 0 Å². The van der Waals surface area contributed by atoms with Crippen molar-refractivity contribution in [3.05, 3.63) is 39.6 Å². The van der Waals surface area contributed by atoms with Crippen molar-refractivity contribution in [1.82, 2.24) is 15.3 Å². The van der Waals surface area contributed by atoms with Crippen LogP contribution in [0.1, 0.15) is 53.4 Å². The molecular formula is C16H23N3S. The van der Waals surface area contributed by atoms with Crippen molar-refractivity contribution in [2.75, 3.05) is 6.54 Å². The van der Waals surface area contributed by atoms with Gasteiger partial charge < -0.3 is 10.3 Å². The molecule has 3 rings (SSSR count). The molecule has 0 fully saturated rings. The van der Waals surface area contributed by atoms with Gasteiger partial charge in [0.2, 0.25) is 0 Å². The topological polar surface area (TPSA) is 40.7 Å². The molecule has 0 bridgehead atoms. The van der Waals surface area contributed by atoms with Crippen LogP contribution in [-0.4, -0.2) is 16.5 Å². The van der Waals surface area contributed by atoms with Crippen LogP contribution in [0.25, 0.3) is 0 Å². The van der Waals surface area contributed by atoms with Crippen molar-refractivity contribution in [2.45, 2.75) is 51.5 Å². The molecule has 1 atom stereocenters. The lowest BCUT2D eigenvalue weighted by Gasteiger charge is -2.11. The van der Waals surface area contributed by atoms with Crippen LogP contribution in [0.2, 0.25) is 0 Å². The van der Waals surface area contributed by atoms with Gasteiger partial charge in [-0.1, -0.05) is 0 Å². The highest BCUT2D eigenvalue weighted by molar-refractivity contribution is 7.12. The Hall–Kier alpha value is -1.13. The zero-order chi connectivity index (χ0) is 13.8. The Morgan fingerprint density at radius 1 is 1.40 bits per heavy atom. The van der Waals surface area contributed by atoms with Crippen LogP contribution in [0.5, 0.6) is 0 Å².